The van der Waals surface area contributed by atoms with Gasteiger partial charge in [0.2, 0.25) is 0 Å². The Morgan fingerprint density at radius 2 is 2.40 bits per heavy atom. The maximum absolute atomic E-state index is 12.2. The first-order valence-corrected chi connectivity index (χ1v) is 7.90. The second-order valence-corrected chi connectivity index (χ2v) is 6.54. The van der Waals surface area contributed by atoms with Crippen molar-refractivity contribution < 1.29 is 4.79 Å². The van der Waals surface area contributed by atoms with Gasteiger partial charge in [-0.1, -0.05) is 13.8 Å². The fraction of sp³-hybridized carbons (Fsp3) is 0.615. The van der Waals surface area contributed by atoms with Crippen molar-refractivity contribution in [2.75, 3.05) is 17.7 Å². The third-order valence-electron chi connectivity index (χ3n) is 3.21. The van der Waals surface area contributed by atoms with Gasteiger partial charge in [-0.05, 0) is 18.6 Å². The summed E-state index contributed by atoms with van der Waals surface area (Å²) in [6.45, 7) is 4.65. The zero-order valence-corrected chi connectivity index (χ0v) is 12.7. The first-order chi connectivity index (χ1) is 9.61. The number of rotatable bonds is 5. The summed E-state index contributed by atoms with van der Waals surface area (Å²) in [6.07, 6.45) is 3.95. The largest absolute Gasteiger partial charge is 0.350 e. The highest BCUT2D eigenvalue weighted by molar-refractivity contribution is 8.00. The second-order valence-electron chi connectivity index (χ2n) is 5.13. The van der Waals surface area contributed by atoms with Crippen molar-refractivity contribution >= 4 is 23.4 Å². The number of hydrazine groups is 1. The van der Waals surface area contributed by atoms with Crippen molar-refractivity contribution in [2.45, 2.75) is 37.9 Å². The number of anilines is 1. The number of carbonyl (C=O) groups is 1. The van der Waals surface area contributed by atoms with Crippen LogP contribution >= 0.6 is 11.8 Å². The average Bonchev–Trinajstić information content (AvgIpc) is 2.97. The summed E-state index contributed by atoms with van der Waals surface area (Å²) < 4.78 is 0. The number of amides is 1. The van der Waals surface area contributed by atoms with Crippen molar-refractivity contribution in [1.29, 1.82) is 0 Å². The summed E-state index contributed by atoms with van der Waals surface area (Å²) in [4.78, 5) is 20.8. The number of aromatic nitrogens is 2. The quantitative estimate of drug-likeness (QED) is 0.563. The lowest BCUT2D eigenvalue weighted by Crippen LogP contribution is -2.31. The highest BCUT2D eigenvalue weighted by atomic mass is 32.2. The molecule has 0 aliphatic carbocycles. The van der Waals surface area contributed by atoms with Gasteiger partial charge in [0, 0.05) is 17.7 Å². The van der Waals surface area contributed by atoms with E-state index in [1.165, 1.54) is 12.2 Å². The van der Waals surface area contributed by atoms with E-state index >= 15 is 0 Å². The molecular formula is C13H21N5OS. The zero-order chi connectivity index (χ0) is 14.5. The van der Waals surface area contributed by atoms with Gasteiger partial charge in [0.1, 0.15) is 5.82 Å². The number of nitrogens with two attached hydrogens (primary N) is 1. The Bertz CT molecular complexity index is 474. The van der Waals surface area contributed by atoms with Crippen LogP contribution in [0.2, 0.25) is 0 Å². The standard InChI is InChI=1S/C13H21N5OS/c1-8(2)12-15-7-10(18-14)11(17-12)13(19)16-6-9-4-3-5-20-9/h7-9,18H,3-6,14H2,1-2H3,(H,16,19). The zero-order valence-electron chi connectivity index (χ0n) is 11.8. The van der Waals surface area contributed by atoms with Gasteiger partial charge in [0.15, 0.2) is 5.69 Å². The molecule has 0 aromatic carbocycles. The van der Waals surface area contributed by atoms with Gasteiger partial charge in [-0.25, -0.2) is 9.97 Å². The van der Waals surface area contributed by atoms with Crippen LogP contribution in [0.4, 0.5) is 5.69 Å². The minimum Gasteiger partial charge on any atom is -0.350 e. The van der Waals surface area contributed by atoms with E-state index in [1.807, 2.05) is 25.6 Å². The lowest BCUT2D eigenvalue weighted by molar-refractivity contribution is 0.0949. The van der Waals surface area contributed by atoms with Crippen molar-refractivity contribution in [2.24, 2.45) is 5.84 Å². The molecule has 1 unspecified atom stereocenters. The Kier molecular flexibility index (Phi) is 5.19. The van der Waals surface area contributed by atoms with Crippen molar-refractivity contribution in [3.05, 3.63) is 17.7 Å². The lowest BCUT2D eigenvalue weighted by atomic mass is 10.2. The predicted molar refractivity (Wildman–Crippen MR) is 81.7 cm³/mol. The number of hydrogen-bond donors (Lipinski definition) is 3. The third-order valence-corrected chi connectivity index (χ3v) is 4.61. The van der Waals surface area contributed by atoms with Crippen LogP contribution in [-0.2, 0) is 0 Å². The summed E-state index contributed by atoms with van der Waals surface area (Å²) >= 11 is 1.91. The van der Waals surface area contributed by atoms with Gasteiger partial charge < -0.3 is 10.7 Å². The molecular weight excluding hydrogens is 274 g/mol. The minimum absolute atomic E-state index is 0.166. The molecule has 1 atom stereocenters. The molecule has 0 radical (unpaired) electrons. The first-order valence-electron chi connectivity index (χ1n) is 6.85. The fourth-order valence-electron chi connectivity index (χ4n) is 2.05. The van der Waals surface area contributed by atoms with Gasteiger partial charge in [0.05, 0.1) is 11.9 Å². The molecule has 1 aromatic heterocycles. The highest BCUT2D eigenvalue weighted by Crippen LogP contribution is 2.25. The highest BCUT2D eigenvalue weighted by Gasteiger charge is 2.19. The van der Waals surface area contributed by atoms with Crippen LogP contribution in [0, 0.1) is 0 Å². The minimum atomic E-state index is -0.199. The molecule has 1 saturated heterocycles. The molecule has 1 aromatic rings. The number of carbonyl (C=O) groups excluding carboxylic acids is 1. The molecule has 20 heavy (non-hydrogen) atoms. The van der Waals surface area contributed by atoms with Crippen LogP contribution in [0.15, 0.2) is 6.20 Å². The number of nitrogen functional groups attached to an aromatic ring is 1. The van der Waals surface area contributed by atoms with Crippen LogP contribution < -0.4 is 16.6 Å². The summed E-state index contributed by atoms with van der Waals surface area (Å²) in [5, 5.41) is 3.45. The summed E-state index contributed by atoms with van der Waals surface area (Å²) in [6, 6.07) is 0. The van der Waals surface area contributed by atoms with Crippen molar-refractivity contribution in [3.63, 3.8) is 0 Å². The number of nitrogens with zero attached hydrogens (tertiary/aromatic N) is 2. The van der Waals surface area contributed by atoms with E-state index in [9.17, 15) is 4.79 Å². The van der Waals surface area contributed by atoms with Crippen molar-refractivity contribution in [3.8, 4) is 0 Å². The number of nitrogens with one attached hydrogen (secondary N) is 2. The Hall–Kier alpha value is -1.34. The van der Waals surface area contributed by atoms with E-state index < -0.39 is 0 Å². The number of thioether (sulfide) groups is 1. The van der Waals surface area contributed by atoms with Crippen LogP contribution in [-0.4, -0.2) is 33.4 Å². The van der Waals surface area contributed by atoms with E-state index in [0.29, 0.717) is 29.0 Å². The Balaban J connectivity index is 2.08. The predicted octanol–water partition coefficient (Wildman–Crippen LogP) is 1.51. The first kappa shape index (κ1) is 15.1. The molecule has 0 saturated carbocycles. The van der Waals surface area contributed by atoms with E-state index in [0.717, 1.165) is 6.42 Å². The normalized spacial score (nSPS) is 18.3. The van der Waals surface area contributed by atoms with Crippen LogP contribution in [0.1, 0.15) is 48.9 Å². The molecule has 4 N–H and O–H groups in total. The van der Waals surface area contributed by atoms with Gasteiger partial charge in [0.25, 0.3) is 5.91 Å². The van der Waals surface area contributed by atoms with Gasteiger partial charge in [-0.15, -0.1) is 0 Å². The van der Waals surface area contributed by atoms with E-state index in [4.69, 9.17) is 5.84 Å². The SMILES string of the molecule is CC(C)c1ncc(NN)c(C(=O)NCC2CCCS2)n1. The molecule has 2 heterocycles. The topological polar surface area (TPSA) is 92.9 Å². The maximum Gasteiger partial charge on any atom is 0.272 e. The molecule has 7 heteroatoms. The summed E-state index contributed by atoms with van der Waals surface area (Å²) in [7, 11) is 0. The smallest absolute Gasteiger partial charge is 0.272 e. The molecule has 1 fully saturated rings. The molecule has 1 aliphatic heterocycles. The number of hydrogen-bond acceptors (Lipinski definition) is 6. The Labute approximate surface area is 123 Å². The van der Waals surface area contributed by atoms with Crippen molar-refractivity contribution in [1.82, 2.24) is 15.3 Å². The second kappa shape index (κ2) is 6.90. The van der Waals surface area contributed by atoms with Gasteiger partial charge >= 0.3 is 0 Å². The molecule has 0 bridgehead atoms. The van der Waals surface area contributed by atoms with Gasteiger partial charge in [-0.2, -0.15) is 11.8 Å². The van der Waals surface area contributed by atoms with Gasteiger partial charge in [-0.3, -0.25) is 10.6 Å². The molecule has 0 spiro atoms. The molecule has 2 rings (SSSR count). The Morgan fingerprint density at radius 1 is 1.60 bits per heavy atom. The van der Waals surface area contributed by atoms with E-state index in [1.54, 1.807) is 6.20 Å². The summed E-state index contributed by atoms with van der Waals surface area (Å²) in [5.41, 5.74) is 3.24. The average molecular weight is 295 g/mol. The maximum atomic E-state index is 12.2. The van der Waals surface area contributed by atoms with Crippen LogP contribution in [0.25, 0.3) is 0 Å². The fourth-order valence-corrected chi connectivity index (χ4v) is 3.25. The molecule has 6 nitrogen and oxygen atoms in total. The third kappa shape index (κ3) is 3.61. The summed E-state index contributed by atoms with van der Waals surface area (Å²) in [5.74, 6) is 7.21. The Morgan fingerprint density at radius 3 is 3.00 bits per heavy atom. The van der Waals surface area contributed by atoms with E-state index in [-0.39, 0.29) is 11.8 Å². The molecule has 110 valence electrons. The van der Waals surface area contributed by atoms with E-state index in [2.05, 4.69) is 20.7 Å². The monoisotopic (exact) mass is 295 g/mol. The lowest BCUT2D eigenvalue weighted by Gasteiger charge is -2.13. The molecule has 1 amide bonds. The van der Waals surface area contributed by atoms with Crippen LogP contribution in [0.3, 0.4) is 0 Å². The molecule has 1 aliphatic rings. The van der Waals surface area contributed by atoms with Crippen LogP contribution in [0.5, 0.6) is 0 Å².